The summed E-state index contributed by atoms with van der Waals surface area (Å²) in [5.41, 5.74) is -0.0318. The summed E-state index contributed by atoms with van der Waals surface area (Å²) in [5.74, 6) is -0.0209. The van der Waals surface area contributed by atoms with Gasteiger partial charge in [0.15, 0.2) is 0 Å². The van der Waals surface area contributed by atoms with Crippen LogP contribution in [0.3, 0.4) is 0 Å². The summed E-state index contributed by atoms with van der Waals surface area (Å²) in [6, 6.07) is 22.2. The van der Waals surface area contributed by atoms with Gasteiger partial charge in [-0.25, -0.2) is 0 Å². The number of nitrogens with one attached hydrogen (secondary N) is 1. The zero-order valence-corrected chi connectivity index (χ0v) is 25.0. The van der Waals surface area contributed by atoms with Crippen LogP contribution >= 0.6 is 0 Å². The van der Waals surface area contributed by atoms with Gasteiger partial charge in [0.25, 0.3) is 14.2 Å². The van der Waals surface area contributed by atoms with Crippen molar-refractivity contribution < 1.29 is 22.8 Å². The fraction of sp³-hybridized carbons (Fsp3) is 0.424. The number of benzene rings is 3. The van der Waals surface area contributed by atoms with Gasteiger partial charge in [0.2, 0.25) is 0 Å². The molecule has 1 fully saturated rings. The predicted molar refractivity (Wildman–Crippen MR) is 159 cm³/mol. The van der Waals surface area contributed by atoms with Crippen LogP contribution in [-0.4, -0.2) is 37.0 Å². The SMILES string of the molecule is C[C@H]1CCCN(C(CCC(C)(C)[Si](O)(c2ccccc2)c2ccccc2)c2cc3c(c(C(F)(F)F)c2)CNC3=O)C1. The van der Waals surface area contributed by atoms with Crippen LogP contribution in [0.4, 0.5) is 13.2 Å². The van der Waals surface area contributed by atoms with Gasteiger partial charge in [0.05, 0.1) is 5.56 Å². The highest BCUT2D eigenvalue weighted by atomic mass is 28.4. The number of fused-ring (bicyclic) bond motifs is 1. The molecule has 8 heteroatoms. The fourth-order valence-corrected chi connectivity index (χ4v) is 10.6. The fourth-order valence-electron chi connectivity index (χ4n) is 6.85. The monoisotopic (exact) mass is 580 g/mol. The van der Waals surface area contributed by atoms with Gasteiger partial charge in [0.1, 0.15) is 0 Å². The number of halogens is 3. The second kappa shape index (κ2) is 11.4. The van der Waals surface area contributed by atoms with Crippen molar-refractivity contribution in [3.8, 4) is 0 Å². The largest absolute Gasteiger partial charge is 0.424 e. The first kappa shape index (κ1) is 29.5. The minimum Gasteiger partial charge on any atom is -0.424 e. The van der Waals surface area contributed by atoms with Gasteiger partial charge < -0.3 is 10.1 Å². The summed E-state index contributed by atoms with van der Waals surface area (Å²) in [4.78, 5) is 27.5. The van der Waals surface area contributed by atoms with Gasteiger partial charge in [-0.1, -0.05) is 81.4 Å². The maximum absolute atomic E-state index is 14.2. The number of alkyl halides is 3. The normalized spacial score (nSPS) is 19.1. The summed E-state index contributed by atoms with van der Waals surface area (Å²) >= 11 is 0. The number of carbonyl (C=O) groups is 1. The number of rotatable bonds is 8. The van der Waals surface area contributed by atoms with Crippen molar-refractivity contribution in [1.82, 2.24) is 10.2 Å². The van der Waals surface area contributed by atoms with Gasteiger partial charge in [-0.3, -0.25) is 9.69 Å². The van der Waals surface area contributed by atoms with E-state index in [4.69, 9.17) is 0 Å². The Morgan fingerprint density at radius 2 is 1.63 bits per heavy atom. The molecule has 1 amide bonds. The molecule has 3 aromatic carbocycles. The Morgan fingerprint density at radius 1 is 1.02 bits per heavy atom. The molecule has 2 atom stereocenters. The van der Waals surface area contributed by atoms with Crippen molar-refractivity contribution in [3.63, 3.8) is 0 Å². The third kappa shape index (κ3) is 5.74. The van der Waals surface area contributed by atoms with E-state index in [1.807, 2.05) is 60.7 Å². The molecule has 5 rings (SSSR count). The van der Waals surface area contributed by atoms with Crippen LogP contribution < -0.4 is 15.7 Å². The van der Waals surface area contributed by atoms with Crippen LogP contribution in [0.25, 0.3) is 0 Å². The summed E-state index contributed by atoms with van der Waals surface area (Å²) in [5, 5.41) is 3.86. The molecule has 0 saturated carbocycles. The molecular formula is C33H39F3N2O2Si. The van der Waals surface area contributed by atoms with E-state index in [9.17, 15) is 22.8 Å². The molecule has 0 radical (unpaired) electrons. The average Bonchev–Trinajstić information content (AvgIpc) is 3.33. The van der Waals surface area contributed by atoms with E-state index < -0.39 is 31.0 Å². The van der Waals surface area contributed by atoms with E-state index in [1.54, 1.807) is 6.07 Å². The van der Waals surface area contributed by atoms with Crippen molar-refractivity contribution in [2.75, 3.05) is 13.1 Å². The highest BCUT2D eigenvalue weighted by molar-refractivity contribution is 6.98. The Hall–Kier alpha value is -2.94. The standard InChI is InChI=1S/C33H39F3N2O2Si/c1-23-11-10-18-38(22-23)30(24-19-27-28(21-37-31(27)39)29(20-24)33(34,35)36)16-17-32(2,3)41(40,25-12-6-4-7-13-25)26-14-8-5-9-15-26/h4-9,12-15,19-20,23,30,40H,10-11,16-18,21-22H2,1-3H3,(H,37,39)/t23-,30?/m0/s1. The molecule has 0 spiro atoms. The number of amides is 1. The quantitative estimate of drug-likeness (QED) is 0.320. The molecule has 2 heterocycles. The van der Waals surface area contributed by atoms with Crippen LogP contribution in [0.2, 0.25) is 5.04 Å². The number of hydrogen-bond donors (Lipinski definition) is 2. The minimum atomic E-state index is -4.56. The lowest BCUT2D eigenvalue weighted by Gasteiger charge is -2.44. The molecule has 0 aromatic heterocycles. The summed E-state index contributed by atoms with van der Waals surface area (Å²) in [6.07, 6.45) is -1.33. The van der Waals surface area contributed by atoms with Crippen LogP contribution in [0, 0.1) is 5.92 Å². The molecule has 0 aliphatic carbocycles. The number of carbonyl (C=O) groups excluding carboxylic acids is 1. The van der Waals surface area contributed by atoms with Crippen molar-refractivity contribution in [3.05, 3.63) is 95.1 Å². The maximum atomic E-state index is 14.2. The first-order valence-corrected chi connectivity index (χ1v) is 16.5. The summed E-state index contributed by atoms with van der Waals surface area (Å²) in [6.45, 7) is 7.84. The highest BCUT2D eigenvalue weighted by Crippen LogP contribution is 2.45. The Bertz CT molecular complexity index is 1340. The van der Waals surface area contributed by atoms with E-state index in [0.29, 0.717) is 24.3 Å². The Labute approximate surface area is 241 Å². The van der Waals surface area contributed by atoms with Gasteiger partial charge in [0, 0.05) is 24.7 Å². The zero-order chi connectivity index (χ0) is 29.4. The van der Waals surface area contributed by atoms with Gasteiger partial charge in [-0.2, -0.15) is 13.2 Å². The van der Waals surface area contributed by atoms with E-state index >= 15 is 0 Å². The molecule has 0 bridgehead atoms. The molecule has 2 N–H and O–H groups in total. The lowest BCUT2D eigenvalue weighted by atomic mass is 9.89. The van der Waals surface area contributed by atoms with Crippen LogP contribution in [0.5, 0.6) is 0 Å². The van der Waals surface area contributed by atoms with Crippen LogP contribution in [0.15, 0.2) is 72.8 Å². The Balaban J connectivity index is 1.56. The second-order valence-electron chi connectivity index (χ2n) is 12.4. The molecule has 41 heavy (non-hydrogen) atoms. The molecule has 3 aromatic rings. The number of nitrogens with zero attached hydrogens (tertiary/aromatic N) is 1. The van der Waals surface area contributed by atoms with Crippen molar-refractivity contribution in [2.24, 2.45) is 5.92 Å². The molecule has 2 aliphatic heterocycles. The summed E-state index contributed by atoms with van der Waals surface area (Å²) < 4.78 is 42.7. The molecule has 4 nitrogen and oxygen atoms in total. The van der Waals surface area contributed by atoms with E-state index in [2.05, 4.69) is 31.0 Å². The topological polar surface area (TPSA) is 52.6 Å². The zero-order valence-electron chi connectivity index (χ0n) is 24.0. The first-order chi connectivity index (χ1) is 19.4. The lowest BCUT2D eigenvalue weighted by Crippen LogP contribution is -2.65. The summed E-state index contributed by atoms with van der Waals surface area (Å²) in [7, 11) is -3.29. The predicted octanol–water partition coefficient (Wildman–Crippen LogP) is 6.03. The lowest BCUT2D eigenvalue weighted by molar-refractivity contribution is -0.138. The third-order valence-corrected chi connectivity index (χ3v) is 13.7. The second-order valence-corrected chi connectivity index (χ2v) is 16.3. The third-order valence-electron chi connectivity index (χ3n) is 9.17. The Kier molecular flexibility index (Phi) is 8.20. The number of hydrogen-bond acceptors (Lipinski definition) is 3. The van der Waals surface area contributed by atoms with Crippen LogP contribution in [0.1, 0.15) is 79.5 Å². The van der Waals surface area contributed by atoms with Gasteiger partial charge in [-0.05, 0) is 76.8 Å². The van der Waals surface area contributed by atoms with Crippen molar-refractivity contribution in [2.45, 2.75) is 70.3 Å². The van der Waals surface area contributed by atoms with E-state index in [-0.39, 0.29) is 23.7 Å². The van der Waals surface area contributed by atoms with Crippen molar-refractivity contribution in [1.29, 1.82) is 0 Å². The highest BCUT2D eigenvalue weighted by Gasteiger charge is 2.50. The van der Waals surface area contributed by atoms with E-state index in [1.165, 1.54) is 6.07 Å². The van der Waals surface area contributed by atoms with E-state index in [0.717, 1.165) is 36.3 Å². The maximum Gasteiger partial charge on any atom is 0.416 e. The van der Waals surface area contributed by atoms with Crippen LogP contribution in [-0.2, 0) is 12.7 Å². The molecule has 218 valence electrons. The smallest absolute Gasteiger partial charge is 0.416 e. The number of piperidine rings is 1. The molecule has 1 unspecified atom stereocenters. The molecule has 1 saturated heterocycles. The first-order valence-electron chi connectivity index (χ1n) is 14.5. The molecular weight excluding hydrogens is 541 g/mol. The van der Waals surface area contributed by atoms with Gasteiger partial charge >= 0.3 is 6.18 Å². The van der Waals surface area contributed by atoms with Crippen molar-refractivity contribution >= 4 is 24.6 Å². The molecule has 2 aliphatic rings. The average molecular weight is 581 g/mol. The number of likely N-dealkylation sites (tertiary alicyclic amines) is 1. The van der Waals surface area contributed by atoms with Gasteiger partial charge in [-0.15, -0.1) is 0 Å². The Morgan fingerprint density at radius 3 is 2.20 bits per heavy atom. The minimum absolute atomic E-state index is 0.0345.